The molecule has 2 aliphatic rings. The van der Waals surface area contributed by atoms with Crippen LogP contribution in [0.3, 0.4) is 0 Å². The molecule has 2 bridgehead atoms. The van der Waals surface area contributed by atoms with Gasteiger partial charge in [-0.25, -0.2) is 0 Å². The highest BCUT2D eigenvalue weighted by Gasteiger charge is 2.40. The van der Waals surface area contributed by atoms with Gasteiger partial charge in [-0.15, -0.1) is 0 Å². The lowest BCUT2D eigenvalue weighted by Crippen LogP contribution is -2.18. The first-order valence-electron chi connectivity index (χ1n) is 6.27. The summed E-state index contributed by atoms with van der Waals surface area (Å²) in [7, 11) is 0. The van der Waals surface area contributed by atoms with Gasteiger partial charge in [-0.1, -0.05) is 11.2 Å². The van der Waals surface area contributed by atoms with E-state index in [-0.39, 0.29) is 22.6 Å². The standard InChI is InChI=1S/C13H14N2O3/c16-14-13-9-1-2-10(13)6-11-7-12(15(17)18)4-3-8(11)5-9/h3-4,7,9-10,13H,1-2,5-6H2. The Hall–Kier alpha value is -1.78. The molecule has 18 heavy (non-hydrogen) atoms. The monoisotopic (exact) mass is 246 g/mol. The first-order valence-corrected chi connectivity index (χ1v) is 6.27. The van der Waals surface area contributed by atoms with Gasteiger partial charge in [0.1, 0.15) is 0 Å². The number of hydrogen-bond acceptors (Lipinski definition) is 4. The third-order valence-corrected chi connectivity index (χ3v) is 4.36. The molecule has 5 heteroatoms. The average molecular weight is 246 g/mol. The Labute approximate surface area is 104 Å². The van der Waals surface area contributed by atoms with E-state index in [1.165, 1.54) is 0 Å². The van der Waals surface area contributed by atoms with E-state index < -0.39 is 0 Å². The second-order valence-corrected chi connectivity index (χ2v) is 5.31. The van der Waals surface area contributed by atoms with Crippen molar-refractivity contribution in [2.75, 3.05) is 0 Å². The summed E-state index contributed by atoms with van der Waals surface area (Å²) in [6, 6.07) is 4.96. The lowest BCUT2D eigenvalue weighted by Gasteiger charge is -2.12. The third-order valence-electron chi connectivity index (χ3n) is 4.36. The Morgan fingerprint density at radius 2 is 1.83 bits per heavy atom. The lowest BCUT2D eigenvalue weighted by atomic mass is 9.93. The Morgan fingerprint density at radius 1 is 1.17 bits per heavy atom. The molecular weight excluding hydrogens is 232 g/mol. The summed E-state index contributed by atoms with van der Waals surface area (Å²) in [6.45, 7) is 0. The van der Waals surface area contributed by atoms with E-state index in [2.05, 4.69) is 5.18 Å². The second kappa shape index (κ2) is 4.15. The SMILES string of the molecule is O=NC1C2CCC1Cc1cc([N+](=O)[O-])ccc1C2. The zero-order valence-corrected chi connectivity index (χ0v) is 9.91. The van der Waals surface area contributed by atoms with E-state index in [0.717, 1.165) is 36.8 Å². The number of fused-ring (bicyclic) bond motifs is 3. The van der Waals surface area contributed by atoms with E-state index in [1.807, 2.05) is 6.07 Å². The smallest absolute Gasteiger partial charge is 0.258 e. The first-order chi connectivity index (χ1) is 8.69. The molecule has 3 rings (SSSR count). The zero-order valence-electron chi connectivity index (χ0n) is 9.91. The summed E-state index contributed by atoms with van der Waals surface area (Å²) in [4.78, 5) is 21.4. The first kappa shape index (κ1) is 11.3. The largest absolute Gasteiger partial charge is 0.269 e. The number of rotatable bonds is 2. The Kier molecular flexibility index (Phi) is 2.61. The fourth-order valence-corrected chi connectivity index (χ4v) is 3.45. The van der Waals surface area contributed by atoms with Crippen LogP contribution >= 0.6 is 0 Å². The van der Waals surface area contributed by atoms with Gasteiger partial charge < -0.3 is 0 Å². The Balaban J connectivity index is 1.99. The van der Waals surface area contributed by atoms with Crippen LogP contribution in [0.2, 0.25) is 0 Å². The normalized spacial score (nSPS) is 29.4. The predicted octanol–water partition coefficient (Wildman–Crippen LogP) is 2.85. The highest BCUT2D eigenvalue weighted by molar-refractivity contribution is 5.41. The van der Waals surface area contributed by atoms with Gasteiger partial charge in [0.05, 0.1) is 11.0 Å². The van der Waals surface area contributed by atoms with Gasteiger partial charge in [-0.2, -0.15) is 4.91 Å². The molecule has 0 spiro atoms. The molecule has 1 fully saturated rings. The minimum Gasteiger partial charge on any atom is -0.258 e. The van der Waals surface area contributed by atoms with Crippen LogP contribution in [0.5, 0.6) is 0 Å². The van der Waals surface area contributed by atoms with Crippen LogP contribution in [0, 0.1) is 26.9 Å². The molecule has 2 aliphatic carbocycles. The maximum atomic E-state index is 10.9. The minimum absolute atomic E-state index is 0.101. The maximum Gasteiger partial charge on any atom is 0.269 e. The van der Waals surface area contributed by atoms with Crippen molar-refractivity contribution in [3.05, 3.63) is 44.3 Å². The molecule has 0 amide bonds. The summed E-state index contributed by atoms with van der Waals surface area (Å²) in [6.07, 6.45) is 3.66. The molecule has 0 aliphatic heterocycles. The molecule has 0 radical (unpaired) electrons. The highest BCUT2D eigenvalue weighted by atomic mass is 16.6. The van der Waals surface area contributed by atoms with Crippen molar-refractivity contribution in [3.63, 3.8) is 0 Å². The van der Waals surface area contributed by atoms with Crippen molar-refractivity contribution >= 4 is 5.69 Å². The van der Waals surface area contributed by atoms with Crippen molar-refractivity contribution in [2.45, 2.75) is 31.7 Å². The third kappa shape index (κ3) is 1.70. The topological polar surface area (TPSA) is 72.6 Å². The van der Waals surface area contributed by atoms with E-state index in [4.69, 9.17) is 0 Å². The summed E-state index contributed by atoms with van der Waals surface area (Å²) in [5.74, 6) is 0.603. The number of nitrogens with zero attached hydrogens (tertiary/aromatic N) is 2. The molecule has 0 N–H and O–H groups in total. The summed E-state index contributed by atoms with van der Waals surface area (Å²) in [5, 5.41) is 14.1. The van der Waals surface area contributed by atoms with Gasteiger partial charge in [0.2, 0.25) is 0 Å². The molecule has 3 unspecified atom stereocenters. The molecule has 3 atom stereocenters. The van der Waals surface area contributed by atoms with Crippen molar-refractivity contribution in [3.8, 4) is 0 Å². The summed E-state index contributed by atoms with van der Waals surface area (Å²) < 4.78 is 0. The molecule has 1 saturated carbocycles. The summed E-state index contributed by atoms with van der Waals surface area (Å²) in [5.41, 5.74) is 2.33. The van der Waals surface area contributed by atoms with Gasteiger partial charge in [0, 0.05) is 12.1 Å². The highest BCUT2D eigenvalue weighted by Crippen LogP contribution is 2.42. The predicted molar refractivity (Wildman–Crippen MR) is 66.3 cm³/mol. The van der Waals surface area contributed by atoms with Gasteiger partial charge >= 0.3 is 0 Å². The molecule has 1 aromatic rings. The quantitative estimate of drug-likeness (QED) is 0.457. The minimum atomic E-state index is -0.362. The molecule has 0 saturated heterocycles. The van der Waals surface area contributed by atoms with Crippen LogP contribution < -0.4 is 0 Å². The van der Waals surface area contributed by atoms with Crippen LogP contribution in [0.4, 0.5) is 5.69 Å². The number of non-ortho nitro benzene ring substituents is 1. The summed E-state index contributed by atoms with van der Waals surface area (Å²) >= 11 is 0. The number of nitro groups is 1. The lowest BCUT2D eigenvalue weighted by molar-refractivity contribution is -0.384. The molecule has 1 aromatic carbocycles. The fourth-order valence-electron chi connectivity index (χ4n) is 3.45. The van der Waals surface area contributed by atoms with Crippen molar-refractivity contribution in [1.29, 1.82) is 0 Å². The van der Waals surface area contributed by atoms with E-state index in [1.54, 1.807) is 12.1 Å². The molecular formula is C13H14N2O3. The molecule has 94 valence electrons. The second-order valence-electron chi connectivity index (χ2n) is 5.31. The number of nitroso groups, excluding NO2 is 1. The van der Waals surface area contributed by atoms with E-state index >= 15 is 0 Å². The molecule has 0 heterocycles. The van der Waals surface area contributed by atoms with Crippen LogP contribution in [-0.4, -0.2) is 11.0 Å². The zero-order chi connectivity index (χ0) is 12.7. The maximum absolute atomic E-state index is 10.9. The van der Waals surface area contributed by atoms with Crippen molar-refractivity contribution in [1.82, 2.24) is 0 Å². The van der Waals surface area contributed by atoms with Crippen molar-refractivity contribution in [2.24, 2.45) is 17.0 Å². The van der Waals surface area contributed by atoms with Crippen LogP contribution in [0.25, 0.3) is 0 Å². The van der Waals surface area contributed by atoms with E-state index in [0.29, 0.717) is 5.92 Å². The molecule has 0 aromatic heterocycles. The Morgan fingerprint density at radius 3 is 2.44 bits per heavy atom. The molecule has 5 nitrogen and oxygen atoms in total. The number of nitro benzene ring substituents is 1. The number of benzene rings is 1. The van der Waals surface area contributed by atoms with E-state index in [9.17, 15) is 15.0 Å². The van der Waals surface area contributed by atoms with Gasteiger partial charge in [-0.05, 0) is 48.6 Å². The van der Waals surface area contributed by atoms with Gasteiger partial charge in [0.15, 0.2) is 0 Å². The fraction of sp³-hybridized carbons (Fsp3) is 0.538. The number of hydrogen-bond donors (Lipinski definition) is 0. The Bertz CT molecular complexity index is 515. The van der Waals surface area contributed by atoms with Crippen LogP contribution in [0.1, 0.15) is 24.0 Å². The van der Waals surface area contributed by atoms with Gasteiger partial charge in [-0.3, -0.25) is 10.1 Å². The van der Waals surface area contributed by atoms with Gasteiger partial charge in [0.25, 0.3) is 5.69 Å². The van der Waals surface area contributed by atoms with Crippen molar-refractivity contribution < 1.29 is 4.92 Å². The van der Waals surface area contributed by atoms with Crippen LogP contribution in [-0.2, 0) is 12.8 Å². The van der Waals surface area contributed by atoms with Crippen LogP contribution in [0.15, 0.2) is 23.4 Å². The average Bonchev–Trinajstić information content (AvgIpc) is 2.64.